The summed E-state index contributed by atoms with van der Waals surface area (Å²) < 4.78 is 7.06. The number of nitrogens with one attached hydrogen (secondary N) is 1. The quantitative estimate of drug-likeness (QED) is 0.466. The first-order valence-corrected chi connectivity index (χ1v) is 10.4. The lowest BCUT2D eigenvalue weighted by Crippen LogP contribution is -2.27. The molecule has 152 valence electrons. The number of fused-ring (bicyclic) bond motifs is 1. The van der Waals surface area contributed by atoms with Crippen LogP contribution in [0.1, 0.15) is 10.4 Å². The number of hydrogen-bond acceptors (Lipinski definition) is 5. The number of carbonyl (C=O) groups is 1. The van der Waals surface area contributed by atoms with E-state index >= 15 is 0 Å². The summed E-state index contributed by atoms with van der Waals surface area (Å²) in [6, 6.07) is 14.0. The number of aryl methyl sites for hydroxylation is 2. The highest BCUT2D eigenvalue weighted by atomic mass is 35.5. The second-order valence-electron chi connectivity index (χ2n) is 6.77. The van der Waals surface area contributed by atoms with Crippen molar-refractivity contribution >= 4 is 44.7 Å². The number of thiophene rings is 1. The number of ether oxygens (including phenoxy) is 1. The molecule has 0 unspecified atom stereocenters. The van der Waals surface area contributed by atoms with Crippen LogP contribution in [0.3, 0.4) is 0 Å². The summed E-state index contributed by atoms with van der Waals surface area (Å²) in [4.78, 5) is 31.2. The van der Waals surface area contributed by atoms with Gasteiger partial charge in [0.15, 0.2) is 0 Å². The van der Waals surface area contributed by atoms with Crippen molar-refractivity contribution in [2.45, 2.75) is 20.4 Å². The van der Waals surface area contributed by atoms with Gasteiger partial charge in [-0.1, -0.05) is 11.6 Å². The van der Waals surface area contributed by atoms with E-state index in [1.54, 1.807) is 48.5 Å². The van der Waals surface area contributed by atoms with Crippen LogP contribution in [0.2, 0.25) is 5.02 Å². The number of rotatable bonds is 5. The van der Waals surface area contributed by atoms with E-state index < -0.39 is 0 Å². The van der Waals surface area contributed by atoms with E-state index in [9.17, 15) is 9.59 Å². The molecule has 4 rings (SSSR count). The standard InChI is InChI=1S/C22H18ClN3O3S/c1-13-14(2)30-21-20(13)22(28)26(12-24-21)11-19(27)25-16-5-9-18(10-6-16)29-17-7-3-15(23)4-8-17/h3-10,12H,11H2,1-2H3,(H,25,27). The molecule has 30 heavy (non-hydrogen) atoms. The second-order valence-corrected chi connectivity index (χ2v) is 8.41. The number of halogens is 1. The first-order chi connectivity index (χ1) is 14.4. The van der Waals surface area contributed by atoms with E-state index in [1.165, 1.54) is 22.2 Å². The maximum atomic E-state index is 12.7. The van der Waals surface area contributed by atoms with Crippen molar-refractivity contribution in [3.8, 4) is 11.5 Å². The Morgan fingerprint density at radius 1 is 1.10 bits per heavy atom. The van der Waals surface area contributed by atoms with Gasteiger partial charge in [-0.3, -0.25) is 14.2 Å². The molecule has 1 amide bonds. The third-order valence-corrected chi connectivity index (χ3v) is 6.02. The van der Waals surface area contributed by atoms with Crippen molar-refractivity contribution in [2.75, 3.05) is 5.32 Å². The fraction of sp³-hybridized carbons (Fsp3) is 0.136. The van der Waals surface area contributed by atoms with Crippen LogP contribution in [0.15, 0.2) is 59.7 Å². The highest BCUT2D eigenvalue weighted by Crippen LogP contribution is 2.26. The predicted octanol–water partition coefficient (Wildman–Crippen LogP) is 5.16. The second kappa shape index (κ2) is 8.30. The van der Waals surface area contributed by atoms with Gasteiger partial charge in [-0.25, -0.2) is 4.98 Å². The van der Waals surface area contributed by atoms with Crippen LogP contribution in [0.25, 0.3) is 10.2 Å². The van der Waals surface area contributed by atoms with Gasteiger partial charge in [-0.2, -0.15) is 0 Å². The number of nitrogens with zero attached hydrogens (tertiary/aromatic N) is 2. The van der Waals surface area contributed by atoms with E-state index in [2.05, 4.69) is 10.3 Å². The Morgan fingerprint density at radius 2 is 1.73 bits per heavy atom. The van der Waals surface area contributed by atoms with Crippen molar-refractivity contribution in [3.63, 3.8) is 0 Å². The number of anilines is 1. The van der Waals surface area contributed by atoms with Gasteiger partial charge in [0.1, 0.15) is 22.9 Å². The minimum absolute atomic E-state index is 0.112. The monoisotopic (exact) mass is 439 g/mol. The zero-order chi connectivity index (χ0) is 21.3. The summed E-state index contributed by atoms with van der Waals surface area (Å²) in [5.74, 6) is 0.983. The van der Waals surface area contributed by atoms with E-state index in [0.29, 0.717) is 32.4 Å². The van der Waals surface area contributed by atoms with Gasteiger partial charge in [0.05, 0.1) is 11.7 Å². The Hall–Kier alpha value is -3.16. The largest absolute Gasteiger partial charge is 0.457 e. The average molecular weight is 440 g/mol. The van der Waals surface area contributed by atoms with E-state index in [-0.39, 0.29) is 18.0 Å². The molecule has 0 aliphatic carbocycles. The first kappa shape index (κ1) is 20.1. The number of carbonyl (C=O) groups excluding carboxylic acids is 1. The fourth-order valence-electron chi connectivity index (χ4n) is 2.98. The van der Waals surface area contributed by atoms with Crippen LogP contribution < -0.4 is 15.6 Å². The molecule has 8 heteroatoms. The third-order valence-electron chi connectivity index (χ3n) is 4.66. The lowest BCUT2D eigenvalue weighted by molar-refractivity contribution is -0.116. The summed E-state index contributed by atoms with van der Waals surface area (Å²) >= 11 is 7.35. The number of hydrogen-bond donors (Lipinski definition) is 1. The minimum Gasteiger partial charge on any atom is -0.457 e. The number of aromatic nitrogens is 2. The summed E-state index contributed by atoms with van der Waals surface area (Å²) in [6.45, 7) is 3.74. The summed E-state index contributed by atoms with van der Waals surface area (Å²) in [7, 11) is 0. The van der Waals surface area contributed by atoms with E-state index in [0.717, 1.165) is 10.4 Å². The molecule has 0 radical (unpaired) electrons. The molecule has 1 N–H and O–H groups in total. The van der Waals surface area contributed by atoms with Gasteiger partial charge in [0.25, 0.3) is 5.56 Å². The zero-order valence-corrected chi connectivity index (χ0v) is 17.9. The minimum atomic E-state index is -0.311. The van der Waals surface area contributed by atoms with E-state index in [1.807, 2.05) is 13.8 Å². The Balaban J connectivity index is 1.43. The Bertz CT molecular complexity index is 1280. The van der Waals surface area contributed by atoms with Crippen LogP contribution in [0.4, 0.5) is 5.69 Å². The maximum Gasteiger partial charge on any atom is 0.262 e. The highest BCUT2D eigenvalue weighted by molar-refractivity contribution is 7.18. The first-order valence-electron chi connectivity index (χ1n) is 9.19. The molecule has 2 aromatic heterocycles. The Labute approximate surface area is 181 Å². The third kappa shape index (κ3) is 4.22. The molecule has 0 fully saturated rings. The van der Waals surface area contributed by atoms with Crippen molar-refractivity contribution in [1.29, 1.82) is 0 Å². The van der Waals surface area contributed by atoms with Crippen LogP contribution >= 0.6 is 22.9 Å². The van der Waals surface area contributed by atoms with Crippen molar-refractivity contribution in [3.05, 3.63) is 80.7 Å². The zero-order valence-electron chi connectivity index (χ0n) is 16.3. The summed E-state index contributed by atoms with van der Waals surface area (Å²) in [5, 5.41) is 4.00. The molecule has 2 aromatic carbocycles. The molecular weight excluding hydrogens is 422 g/mol. The van der Waals surface area contributed by atoms with Crippen molar-refractivity contribution in [1.82, 2.24) is 9.55 Å². The normalized spacial score (nSPS) is 10.9. The van der Waals surface area contributed by atoms with Gasteiger partial charge in [-0.05, 0) is 67.9 Å². The lowest BCUT2D eigenvalue weighted by atomic mass is 10.2. The molecule has 0 atom stereocenters. The molecular formula is C22H18ClN3O3S. The molecule has 6 nitrogen and oxygen atoms in total. The molecule has 0 saturated heterocycles. The molecule has 0 saturated carbocycles. The molecule has 4 aromatic rings. The Morgan fingerprint density at radius 3 is 2.40 bits per heavy atom. The molecule has 2 heterocycles. The average Bonchev–Trinajstić information content (AvgIpc) is 3.02. The topological polar surface area (TPSA) is 73.2 Å². The molecule has 0 spiro atoms. The SMILES string of the molecule is Cc1sc2ncn(CC(=O)Nc3ccc(Oc4ccc(Cl)cc4)cc3)c(=O)c2c1C. The van der Waals surface area contributed by atoms with Gasteiger partial charge in [0, 0.05) is 15.6 Å². The smallest absolute Gasteiger partial charge is 0.262 e. The van der Waals surface area contributed by atoms with Gasteiger partial charge >= 0.3 is 0 Å². The van der Waals surface area contributed by atoms with Gasteiger partial charge in [-0.15, -0.1) is 11.3 Å². The van der Waals surface area contributed by atoms with Crippen LogP contribution in [0, 0.1) is 13.8 Å². The summed E-state index contributed by atoms with van der Waals surface area (Å²) in [6.07, 6.45) is 1.42. The number of amides is 1. The van der Waals surface area contributed by atoms with Crippen LogP contribution in [-0.4, -0.2) is 15.5 Å². The van der Waals surface area contributed by atoms with Crippen LogP contribution in [0.5, 0.6) is 11.5 Å². The molecule has 0 bridgehead atoms. The maximum absolute atomic E-state index is 12.7. The van der Waals surface area contributed by atoms with Crippen LogP contribution in [-0.2, 0) is 11.3 Å². The molecule has 0 aliphatic heterocycles. The fourth-order valence-corrected chi connectivity index (χ4v) is 4.10. The Kier molecular flexibility index (Phi) is 5.57. The van der Waals surface area contributed by atoms with Gasteiger partial charge < -0.3 is 10.1 Å². The lowest BCUT2D eigenvalue weighted by Gasteiger charge is -2.09. The summed E-state index contributed by atoms with van der Waals surface area (Å²) in [5.41, 5.74) is 1.32. The van der Waals surface area contributed by atoms with E-state index in [4.69, 9.17) is 16.3 Å². The van der Waals surface area contributed by atoms with Crippen molar-refractivity contribution in [2.24, 2.45) is 0 Å². The molecule has 0 aliphatic rings. The van der Waals surface area contributed by atoms with Gasteiger partial charge in [0.2, 0.25) is 5.91 Å². The predicted molar refractivity (Wildman–Crippen MR) is 120 cm³/mol. The highest BCUT2D eigenvalue weighted by Gasteiger charge is 2.14. The van der Waals surface area contributed by atoms with Crippen molar-refractivity contribution < 1.29 is 9.53 Å². The number of benzene rings is 2.